The van der Waals surface area contributed by atoms with Gasteiger partial charge >= 0.3 is 0 Å². The maximum Gasteiger partial charge on any atom is 0.121 e. The molecular weight excluding hydrogens is 248 g/mol. The highest BCUT2D eigenvalue weighted by atomic mass is 16.3. The van der Waals surface area contributed by atoms with Gasteiger partial charge in [0.1, 0.15) is 11.9 Å². The van der Waals surface area contributed by atoms with Crippen LogP contribution in [-0.2, 0) is 13.5 Å². The minimum absolute atomic E-state index is 0.654. The van der Waals surface area contributed by atoms with Crippen molar-refractivity contribution in [2.24, 2.45) is 7.05 Å². The van der Waals surface area contributed by atoms with E-state index in [1.165, 1.54) is 0 Å². The second kappa shape index (κ2) is 5.10. The lowest BCUT2D eigenvalue weighted by Gasteiger charge is -2.15. The Hall–Kier alpha value is -2.13. The fraction of sp³-hybridized carbons (Fsp3) is 0.235. The van der Waals surface area contributed by atoms with Crippen LogP contribution in [-0.4, -0.2) is 14.7 Å². The van der Waals surface area contributed by atoms with Crippen molar-refractivity contribution >= 4 is 10.8 Å². The van der Waals surface area contributed by atoms with E-state index in [-0.39, 0.29) is 0 Å². The predicted molar refractivity (Wildman–Crippen MR) is 80.6 cm³/mol. The molecule has 0 aliphatic carbocycles. The Morgan fingerprint density at radius 2 is 1.90 bits per heavy atom. The summed E-state index contributed by atoms with van der Waals surface area (Å²) in [6.45, 7) is 2.07. The first kappa shape index (κ1) is 12.9. The van der Waals surface area contributed by atoms with Crippen molar-refractivity contribution in [3.8, 4) is 0 Å². The van der Waals surface area contributed by atoms with Gasteiger partial charge < -0.3 is 9.67 Å². The van der Waals surface area contributed by atoms with Crippen molar-refractivity contribution < 1.29 is 5.11 Å². The topological polar surface area (TPSA) is 38.1 Å². The van der Waals surface area contributed by atoms with Crippen LogP contribution in [0.5, 0.6) is 0 Å². The van der Waals surface area contributed by atoms with E-state index in [1.54, 1.807) is 6.20 Å². The van der Waals surface area contributed by atoms with E-state index < -0.39 is 6.10 Å². The number of rotatable bonds is 3. The third kappa shape index (κ3) is 2.00. The van der Waals surface area contributed by atoms with E-state index in [0.717, 1.165) is 34.3 Å². The van der Waals surface area contributed by atoms with E-state index in [1.807, 2.05) is 41.9 Å². The molecule has 0 aliphatic heterocycles. The second-order valence-corrected chi connectivity index (χ2v) is 4.98. The van der Waals surface area contributed by atoms with Gasteiger partial charge in [-0.25, -0.2) is 4.98 Å². The SMILES string of the molecule is CCc1ncc([C@@H](O)c2cccc3ccccc23)n1C. The summed E-state index contributed by atoms with van der Waals surface area (Å²) in [5.74, 6) is 0.985. The zero-order valence-corrected chi connectivity index (χ0v) is 11.7. The smallest absolute Gasteiger partial charge is 0.121 e. The molecule has 3 aromatic rings. The Kier molecular flexibility index (Phi) is 3.28. The number of hydrogen-bond acceptors (Lipinski definition) is 2. The minimum atomic E-state index is -0.654. The highest BCUT2D eigenvalue weighted by molar-refractivity contribution is 5.86. The van der Waals surface area contributed by atoms with Gasteiger partial charge in [0, 0.05) is 13.5 Å². The summed E-state index contributed by atoms with van der Waals surface area (Å²) in [5, 5.41) is 12.9. The highest BCUT2D eigenvalue weighted by Crippen LogP contribution is 2.28. The molecule has 0 unspecified atom stereocenters. The first-order valence-electron chi connectivity index (χ1n) is 6.88. The van der Waals surface area contributed by atoms with E-state index in [0.29, 0.717) is 0 Å². The average molecular weight is 266 g/mol. The van der Waals surface area contributed by atoms with Gasteiger partial charge in [0.25, 0.3) is 0 Å². The van der Waals surface area contributed by atoms with Gasteiger partial charge in [-0.1, -0.05) is 49.4 Å². The predicted octanol–water partition coefficient (Wildman–Crippen LogP) is 3.22. The van der Waals surface area contributed by atoms with E-state index in [9.17, 15) is 5.11 Å². The van der Waals surface area contributed by atoms with E-state index in [4.69, 9.17) is 0 Å². The summed E-state index contributed by atoms with van der Waals surface area (Å²) in [6.07, 6.45) is 1.98. The molecule has 0 radical (unpaired) electrons. The molecule has 102 valence electrons. The Labute approximate surface area is 118 Å². The fourth-order valence-corrected chi connectivity index (χ4v) is 2.69. The summed E-state index contributed by atoms with van der Waals surface area (Å²) in [7, 11) is 1.95. The molecule has 1 aromatic heterocycles. The van der Waals surface area contributed by atoms with Crippen LogP contribution >= 0.6 is 0 Å². The standard InChI is InChI=1S/C17H18N2O/c1-3-16-18-11-15(19(16)2)17(20)14-10-6-8-12-7-4-5-9-13(12)14/h4-11,17,20H,3H2,1-2H3/t17-/m0/s1. The number of aliphatic hydroxyl groups excluding tert-OH is 1. The summed E-state index contributed by atoms with van der Waals surface area (Å²) < 4.78 is 1.98. The number of aromatic nitrogens is 2. The maximum absolute atomic E-state index is 10.7. The Morgan fingerprint density at radius 1 is 1.15 bits per heavy atom. The molecule has 0 fully saturated rings. The molecular formula is C17H18N2O. The molecule has 0 aliphatic rings. The minimum Gasteiger partial charge on any atom is -0.382 e. The number of aliphatic hydroxyl groups is 1. The number of fused-ring (bicyclic) bond motifs is 1. The molecule has 20 heavy (non-hydrogen) atoms. The molecule has 0 amide bonds. The Balaban J connectivity index is 2.12. The van der Waals surface area contributed by atoms with Crippen molar-refractivity contribution in [2.45, 2.75) is 19.4 Å². The Bertz CT molecular complexity index is 740. The lowest BCUT2D eigenvalue weighted by Crippen LogP contribution is -2.08. The Morgan fingerprint density at radius 3 is 2.65 bits per heavy atom. The number of hydrogen-bond donors (Lipinski definition) is 1. The molecule has 1 N–H and O–H groups in total. The molecule has 3 nitrogen and oxygen atoms in total. The highest BCUT2D eigenvalue weighted by Gasteiger charge is 2.18. The van der Waals surface area contributed by atoms with Crippen molar-refractivity contribution in [3.63, 3.8) is 0 Å². The van der Waals surface area contributed by atoms with Crippen LogP contribution < -0.4 is 0 Å². The van der Waals surface area contributed by atoms with Crippen LogP contribution in [0, 0.1) is 0 Å². The van der Waals surface area contributed by atoms with Gasteiger partial charge in [-0.3, -0.25) is 0 Å². The quantitative estimate of drug-likeness (QED) is 0.790. The first-order chi connectivity index (χ1) is 9.72. The zero-order chi connectivity index (χ0) is 14.1. The first-order valence-corrected chi connectivity index (χ1v) is 6.88. The molecule has 0 saturated carbocycles. The van der Waals surface area contributed by atoms with Crippen molar-refractivity contribution in [1.82, 2.24) is 9.55 Å². The average Bonchev–Trinajstić information content (AvgIpc) is 2.87. The largest absolute Gasteiger partial charge is 0.382 e. The summed E-state index contributed by atoms with van der Waals surface area (Å²) in [4.78, 5) is 4.36. The zero-order valence-electron chi connectivity index (χ0n) is 11.7. The van der Waals surface area contributed by atoms with Crippen LogP contribution in [0.15, 0.2) is 48.7 Å². The lowest BCUT2D eigenvalue weighted by molar-refractivity contribution is 0.212. The van der Waals surface area contributed by atoms with Crippen molar-refractivity contribution in [1.29, 1.82) is 0 Å². The molecule has 0 spiro atoms. The van der Waals surface area contributed by atoms with Gasteiger partial charge in [-0.15, -0.1) is 0 Å². The van der Waals surface area contributed by atoms with Gasteiger partial charge in [0.2, 0.25) is 0 Å². The molecule has 1 heterocycles. The summed E-state index contributed by atoms with van der Waals surface area (Å²) in [5.41, 5.74) is 1.76. The number of benzene rings is 2. The molecule has 0 bridgehead atoms. The number of imidazole rings is 1. The summed E-state index contributed by atoms with van der Waals surface area (Å²) >= 11 is 0. The van der Waals surface area contributed by atoms with Crippen LogP contribution in [0.2, 0.25) is 0 Å². The van der Waals surface area contributed by atoms with E-state index >= 15 is 0 Å². The summed E-state index contributed by atoms with van der Waals surface area (Å²) in [6, 6.07) is 14.1. The van der Waals surface area contributed by atoms with Crippen LogP contribution in [0.25, 0.3) is 10.8 Å². The molecule has 3 heteroatoms. The van der Waals surface area contributed by atoms with Crippen LogP contribution in [0.4, 0.5) is 0 Å². The molecule has 2 aromatic carbocycles. The normalized spacial score (nSPS) is 12.8. The lowest BCUT2D eigenvalue weighted by atomic mass is 9.99. The third-order valence-corrected chi connectivity index (χ3v) is 3.83. The van der Waals surface area contributed by atoms with Gasteiger partial charge in [0.05, 0.1) is 11.9 Å². The van der Waals surface area contributed by atoms with Crippen molar-refractivity contribution in [2.75, 3.05) is 0 Å². The second-order valence-electron chi connectivity index (χ2n) is 4.98. The van der Waals surface area contributed by atoms with Gasteiger partial charge in [-0.2, -0.15) is 0 Å². The van der Waals surface area contributed by atoms with Crippen LogP contribution in [0.1, 0.15) is 30.1 Å². The molecule has 3 rings (SSSR count). The molecule has 1 atom stereocenters. The van der Waals surface area contributed by atoms with Gasteiger partial charge in [0.15, 0.2) is 0 Å². The van der Waals surface area contributed by atoms with Gasteiger partial charge in [-0.05, 0) is 16.3 Å². The fourth-order valence-electron chi connectivity index (χ4n) is 2.69. The maximum atomic E-state index is 10.7. The number of aryl methyl sites for hydroxylation is 1. The molecule has 0 saturated heterocycles. The van der Waals surface area contributed by atoms with Crippen LogP contribution in [0.3, 0.4) is 0 Å². The third-order valence-electron chi connectivity index (χ3n) is 3.83. The number of nitrogens with zero attached hydrogens (tertiary/aromatic N) is 2. The van der Waals surface area contributed by atoms with E-state index in [2.05, 4.69) is 24.0 Å². The van der Waals surface area contributed by atoms with Crippen molar-refractivity contribution in [3.05, 3.63) is 65.7 Å². The monoisotopic (exact) mass is 266 g/mol.